The lowest BCUT2D eigenvalue weighted by atomic mass is 10.1. The molecule has 2 aromatic carbocycles. The van der Waals surface area contributed by atoms with Gasteiger partial charge in [0.15, 0.2) is 5.69 Å². The third-order valence-electron chi connectivity index (χ3n) is 3.93. The van der Waals surface area contributed by atoms with Crippen molar-refractivity contribution in [3.05, 3.63) is 69.0 Å². The smallest absolute Gasteiger partial charge is 0.240 e. The van der Waals surface area contributed by atoms with E-state index >= 15 is 0 Å². The van der Waals surface area contributed by atoms with E-state index in [1.807, 2.05) is 45.0 Å². The van der Waals surface area contributed by atoms with E-state index in [9.17, 15) is 0 Å². The molecular formula is C20H18BrN5O. The van der Waals surface area contributed by atoms with E-state index in [0.717, 1.165) is 22.4 Å². The summed E-state index contributed by atoms with van der Waals surface area (Å²) in [6.45, 7) is 13.0. The first-order chi connectivity index (χ1) is 12.9. The average molecular weight is 424 g/mol. The normalized spacial score (nSPS) is 10.3. The molecule has 0 atom stereocenters. The van der Waals surface area contributed by atoms with Crippen molar-refractivity contribution in [2.24, 2.45) is 0 Å². The van der Waals surface area contributed by atoms with Crippen molar-refractivity contribution < 1.29 is 4.74 Å². The van der Waals surface area contributed by atoms with E-state index < -0.39 is 0 Å². The van der Waals surface area contributed by atoms with Crippen LogP contribution in [0.1, 0.15) is 16.7 Å². The first-order valence-corrected chi connectivity index (χ1v) is 9.00. The molecule has 0 radical (unpaired) electrons. The van der Waals surface area contributed by atoms with Gasteiger partial charge in [0.05, 0.1) is 6.57 Å². The monoisotopic (exact) mass is 423 g/mol. The fraction of sp³-hybridized carbons (Fsp3) is 0.150. The highest BCUT2D eigenvalue weighted by Gasteiger charge is 2.15. The minimum atomic E-state index is 0.266. The van der Waals surface area contributed by atoms with Crippen molar-refractivity contribution in [2.75, 3.05) is 11.1 Å². The molecule has 0 spiro atoms. The Bertz CT molecular complexity index is 1020. The maximum Gasteiger partial charge on any atom is 0.240 e. The van der Waals surface area contributed by atoms with Crippen LogP contribution in [-0.2, 0) is 0 Å². The van der Waals surface area contributed by atoms with Gasteiger partial charge in [-0.05, 0) is 72.1 Å². The Hall–Kier alpha value is -3.11. The van der Waals surface area contributed by atoms with E-state index in [4.69, 9.17) is 17.0 Å². The molecule has 136 valence electrons. The lowest BCUT2D eigenvalue weighted by Crippen LogP contribution is -2.04. The van der Waals surface area contributed by atoms with Crippen molar-refractivity contribution in [2.45, 2.75) is 20.8 Å². The van der Waals surface area contributed by atoms with Gasteiger partial charge in [0.1, 0.15) is 16.0 Å². The lowest BCUT2D eigenvalue weighted by Gasteiger charge is -2.15. The Balaban J connectivity index is 1.95. The first-order valence-electron chi connectivity index (χ1n) is 8.20. The Labute approximate surface area is 166 Å². The summed E-state index contributed by atoms with van der Waals surface area (Å²) in [6, 6.07) is 11.4. The molecule has 3 N–H and O–H groups in total. The van der Waals surface area contributed by atoms with E-state index in [0.29, 0.717) is 27.7 Å². The third kappa shape index (κ3) is 4.18. The van der Waals surface area contributed by atoms with Crippen molar-refractivity contribution in [3.8, 4) is 11.6 Å². The van der Waals surface area contributed by atoms with Crippen LogP contribution in [0.3, 0.4) is 0 Å². The van der Waals surface area contributed by atoms with Crippen LogP contribution in [0.15, 0.2) is 40.9 Å². The predicted octanol–water partition coefficient (Wildman–Crippen LogP) is 5.83. The Morgan fingerprint density at radius 2 is 1.70 bits per heavy atom. The zero-order valence-corrected chi connectivity index (χ0v) is 16.8. The van der Waals surface area contributed by atoms with E-state index in [1.165, 1.54) is 0 Å². The van der Waals surface area contributed by atoms with Crippen molar-refractivity contribution in [1.82, 2.24) is 9.97 Å². The minimum absolute atomic E-state index is 0.266. The number of nitrogen functional groups attached to an aromatic ring is 1. The number of benzene rings is 2. The second-order valence-electron chi connectivity index (χ2n) is 6.17. The molecule has 0 unspecified atom stereocenters. The predicted molar refractivity (Wildman–Crippen MR) is 111 cm³/mol. The summed E-state index contributed by atoms with van der Waals surface area (Å²) in [5.41, 5.74) is 10.3. The van der Waals surface area contributed by atoms with Gasteiger partial charge in [-0.25, -0.2) is 4.85 Å². The van der Waals surface area contributed by atoms with Crippen LogP contribution >= 0.6 is 15.9 Å². The maximum absolute atomic E-state index is 7.17. The fourth-order valence-electron chi connectivity index (χ4n) is 2.58. The number of nitrogens with two attached hydrogens (primary N) is 1. The number of nitrogens with one attached hydrogen (secondary N) is 1. The lowest BCUT2D eigenvalue weighted by molar-refractivity contribution is 0.453. The van der Waals surface area contributed by atoms with Crippen LogP contribution in [0.5, 0.6) is 11.6 Å². The summed E-state index contributed by atoms with van der Waals surface area (Å²) in [4.78, 5) is 12.2. The van der Waals surface area contributed by atoms with Crippen LogP contribution in [0, 0.1) is 27.3 Å². The third-order valence-corrected chi connectivity index (χ3v) is 4.67. The summed E-state index contributed by atoms with van der Waals surface area (Å²) in [5, 5.41) is 3.13. The van der Waals surface area contributed by atoms with Crippen LogP contribution < -0.4 is 15.8 Å². The second kappa shape index (κ2) is 7.64. The molecule has 0 aliphatic heterocycles. The van der Waals surface area contributed by atoms with Gasteiger partial charge in [-0.3, -0.25) is 0 Å². The van der Waals surface area contributed by atoms with E-state index in [1.54, 1.807) is 12.1 Å². The quantitative estimate of drug-likeness (QED) is 0.515. The molecule has 6 nitrogen and oxygen atoms in total. The van der Waals surface area contributed by atoms with Gasteiger partial charge >= 0.3 is 0 Å². The van der Waals surface area contributed by atoms with Crippen molar-refractivity contribution in [1.29, 1.82) is 0 Å². The summed E-state index contributed by atoms with van der Waals surface area (Å²) >= 11 is 3.39. The molecule has 1 heterocycles. The van der Waals surface area contributed by atoms with E-state index in [-0.39, 0.29) is 5.82 Å². The number of anilines is 3. The van der Waals surface area contributed by atoms with E-state index in [2.05, 4.69) is 36.1 Å². The van der Waals surface area contributed by atoms with Crippen LogP contribution in [0.4, 0.5) is 23.1 Å². The van der Waals surface area contributed by atoms with Crippen LogP contribution in [0.2, 0.25) is 0 Å². The molecule has 0 aliphatic carbocycles. The summed E-state index contributed by atoms with van der Waals surface area (Å²) in [6.07, 6.45) is 0. The van der Waals surface area contributed by atoms with Gasteiger partial charge in [-0.1, -0.05) is 17.7 Å². The zero-order valence-electron chi connectivity index (χ0n) is 15.2. The Kier molecular flexibility index (Phi) is 5.28. The second-order valence-corrected chi connectivity index (χ2v) is 6.96. The van der Waals surface area contributed by atoms with Gasteiger partial charge < -0.3 is 15.8 Å². The standard InChI is InChI=1S/C20H18BrN5O/c1-11-5-7-14(8-6-11)24-20-25-18(22)16(21)19(26-20)27-17-12(2)9-15(23-4)10-13(17)3/h5-10H,1-3H3,(H3,22,24,25,26). The molecule has 27 heavy (non-hydrogen) atoms. The largest absolute Gasteiger partial charge is 0.437 e. The Morgan fingerprint density at radius 1 is 1.07 bits per heavy atom. The minimum Gasteiger partial charge on any atom is -0.437 e. The molecule has 1 aromatic heterocycles. The summed E-state index contributed by atoms with van der Waals surface area (Å²) < 4.78 is 6.50. The highest BCUT2D eigenvalue weighted by atomic mass is 79.9. The topological polar surface area (TPSA) is 77.4 Å². The number of halogens is 1. The van der Waals surface area contributed by atoms with Crippen LogP contribution in [0.25, 0.3) is 4.85 Å². The maximum atomic E-state index is 7.17. The fourth-order valence-corrected chi connectivity index (χ4v) is 2.84. The molecule has 3 rings (SSSR count). The number of ether oxygens (including phenoxy) is 1. The molecule has 7 heteroatoms. The molecule has 0 fully saturated rings. The zero-order chi connectivity index (χ0) is 19.6. The molecule has 0 amide bonds. The molecule has 3 aromatic rings. The number of rotatable bonds is 4. The average Bonchev–Trinajstić information content (AvgIpc) is 2.63. The molecule has 0 saturated carbocycles. The number of hydrogen-bond acceptors (Lipinski definition) is 5. The summed E-state index contributed by atoms with van der Waals surface area (Å²) in [5.74, 6) is 1.55. The first kappa shape index (κ1) is 18.7. The molecular weight excluding hydrogens is 406 g/mol. The van der Waals surface area contributed by atoms with Gasteiger partial charge in [-0.2, -0.15) is 9.97 Å². The highest BCUT2D eigenvalue weighted by Crippen LogP contribution is 2.37. The number of nitrogens with zero attached hydrogens (tertiary/aromatic N) is 3. The number of aromatic nitrogens is 2. The Morgan fingerprint density at radius 3 is 2.30 bits per heavy atom. The van der Waals surface area contributed by atoms with Gasteiger partial charge in [0, 0.05) is 5.69 Å². The number of hydrogen-bond donors (Lipinski definition) is 2. The van der Waals surface area contributed by atoms with Gasteiger partial charge in [0.2, 0.25) is 11.8 Å². The van der Waals surface area contributed by atoms with Crippen LogP contribution in [-0.4, -0.2) is 9.97 Å². The van der Waals surface area contributed by atoms with Crippen molar-refractivity contribution >= 4 is 39.1 Å². The number of aryl methyl sites for hydroxylation is 3. The van der Waals surface area contributed by atoms with Crippen molar-refractivity contribution in [3.63, 3.8) is 0 Å². The molecule has 0 bridgehead atoms. The van der Waals surface area contributed by atoms with Gasteiger partial charge in [-0.15, -0.1) is 0 Å². The molecule has 0 saturated heterocycles. The summed E-state index contributed by atoms with van der Waals surface area (Å²) in [7, 11) is 0. The molecule has 0 aliphatic rings. The highest BCUT2D eigenvalue weighted by molar-refractivity contribution is 9.10. The SMILES string of the molecule is [C-]#[N+]c1cc(C)c(Oc2nc(Nc3ccc(C)cc3)nc(N)c2Br)c(C)c1. The van der Waals surface area contributed by atoms with Gasteiger partial charge in [0.25, 0.3) is 0 Å².